The number of rotatable bonds is 3. The smallest absolute Gasteiger partial charge is 0.242 e. The van der Waals surface area contributed by atoms with Gasteiger partial charge in [0.2, 0.25) is 5.91 Å². The molecule has 4 heteroatoms. The van der Waals surface area contributed by atoms with Crippen LogP contribution in [0.5, 0.6) is 0 Å². The summed E-state index contributed by atoms with van der Waals surface area (Å²) < 4.78 is 0. The second-order valence-electron chi connectivity index (χ2n) is 5.41. The molecule has 0 aromatic carbocycles. The minimum absolute atomic E-state index is 0.0874. The van der Waals surface area contributed by atoms with Gasteiger partial charge in [0.05, 0.1) is 6.10 Å². The van der Waals surface area contributed by atoms with Crippen LogP contribution < -0.4 is 5.32 Å². The maximum atomic E-state index is 12.3. The molecule has 2 aliphatic rings. The summed E-state index contributed by atoms with van der Waals surface area (Å²) in [4.78, 5) is 14.2. The van der Waals surface area contributed by atoms with Gasteiger partial charge >= 0.3 is 0 Å². The van der Waals surface area contributed by atoms with E-state index in [1.807, 2.05) is 4.90 Å². The van der Waals surface area contributed by atoms with E-state index in [0.717, 1.165) is 25.9 Å². The van der Waals surface area contributed by atoms with Crippen molar-refractivity contribution in [3.05, 3.63) is 0 Å². The summed E-state index contributed by atoms with van der Waals surface area (Å²) in [5.41, 5.74) is 0. The molecule has 1 saturated heterocycles. The standard InChI is InChI=1S/C13H24N2O2/c1-14-12-11(16)7-4-8-15(13(12)17)9-10-5-2-3-6-10/h10-12,14,16H,2-9H2,1H3. The van der Waals surface area contributed by atoms with Gasteiger partial charge in [0.25, 0.3) is 0 Å². The summed E-state index contributed by atoms with van der Waals surface area (Å²) in [5, 5.41) is 12.8. The lowest BCUT2D eigenvalue weighted by molar-refractivity contribution is -0.135. The Labute approximate surface area is 103 Å². The number of hydrogen-bond acceptors (Lipinski definition) is 3. The monoisotopic (exact) mass is 240 g/mol. The number of aliphatic hydroxyl groups is 1. The zero-order valence-corrected chi connectivity index (χ0v) is 10.7. The van der Waals surface area contributed by atoms with Gasteiger partial charge in [-0.25, -0.2) is 0 Å². The first-order chi connectivity index (χ1) is 8.22. The number of aliphatic hydroxyl groups excluding tert-OH is 1. The van der Waals surface area contributed by atoms with E-state index in [1.54, 1.807) is 7.05 Å². The average molecular weight is 240 g/mol. The molecule has 2 rings (SSSR count). The summed E-state index contributed by atoms with van der Waals surface area (Å²) in [5.74, 6) is 0.774. The molecule has 0 spiro atoms. The number of carbonyl (C=O) groups is 1. The fourth-order valence-corrected chi connectivity index (χ4v) is 3.13. The zero-order chi connectivity index (χ0) is 12.3. The third kappa shape index (κ3) is 2.99. The van der Waals surface area contributed by atoms with Gasteiger partial charge < -0.3 is 15.3 Å². The summed E-state index contributed by atoms with van der Waals surface area (Å²) in [6, 6.07) is -0.404. The molecule has 17 heavy (non-hydrogen) atoms. The van der Waals surface area contributed by atoms with Crippen LogP contribution in [0.15, 0.2) is 0 Å². The van der Waals surface area contributed by atoms with Crippen molar-refractivity contribution in [3.8, 4) is 0 Å². The molecule has 0 aromatic rings. The van der Waals surface area contributed by atoms with Crippen LogP contribution in [0.2, 0.25) is 0 Å². The highest BCUT2D eigenvalue weighted by atomic mass is 16.3. The first kappa shape index (κ1) is 12.8. The molecular formula is C13H24N2O2. The third-order valence-electron chi connectivity index (χ3n) is 4.15. The Balaban J connectivity index is 1.97. The van der Waals surface area contributed by atoms with E-state index in [2.05, 4.69) is 5.32 Å². The van der Waals surface area contributed by atoms with Gasteiger partial charge in [-0.15, -0.1) is 0 Å². The first-order valence-corrected chi connectivity index (χ1v) is 6.86. The highest BCUT2D eigenvalue weighted by molar-refractivity contribution is 5.82. The van der Waals surface area contributed by atoms with Gasteiger partial charge in [-0.3, -0.25) is 4.79 Å². The molecule has 2 fully saturated rings. The quantitative estimate of drug-likeness (QED) is 0.765. The van der Waals surface area contributed by atoms with Crippen LogP contribution >= 0.6 is 0 Å². The number of hydrogen-bond donors (Lipinski definition) is 2. The Bertz CT molecular complexity index is 264. The number of likely N-dealkylation sites (tertiary alicyclic amines) is 1. The Morgan fingerprint density at radius 2 is 2.00 bits per heavy atom. The number of nitrogens with zero attached hydrogens (tertiary/aromatic N) is 1. The third-order valence-corrected chi connectivity index (χ3v) is 4.15. The van der Waals surface area contributed by atoms with Gasteiger partial charge in [0.1, 0.15) is 6.04 Å². The number of likely N-dealkylation sites (N-methyl/N-ethyl adjacent to an activating group) is 1. The van der Waals surface area contributed by atoms with Crippen LogP contribution in [-0.4, -0.2) is 48.2 Å². The van der Waals surface area contributed by atoms with Crippen molar-refractivity contribution in [1.82, 2.24) is 10.2 Å². The second kappa shape index (κ2) is 5.83. The molecule has 1 aliphatic carbocycles. The molecule has 1 aliphatic heterocycles. The topological polar surface area (TPSA) is 52.6 Å². The summed E-state index contributed by atoms with van der Waals surface area (Å²) in [6.07, 6.45) is 6.25. The highest BCUT2D eigenvalue weighted by Crippen LogP contribution is 2.26. The van der Waals surface area contributed by atoms with Crippen LogP contribution in [0, 0.1) is 5.92 Å². The van der Waals surface area contributed by atoms with Crippen LogP contribution in [0.3, 0.4) is 0 Å². The SMILES string of the molecule is CNC1C(=O)N(CC2CCCC2)CCCC1O. The molecule has 1 saturated carbocycles. The zero-order valence-electron chi connectivity index (χ0n) is 10.7. The lowest BCUT2D eigenvalue weighted by atomic mass is 10.1. The molecule has 2 unspecified atom stereocenters. The summed E-state index contributed by atoms with van der Waals surface area (Å²) in [6.45, 7) is 1.70. The van der Waals surface area contributed by atoms with Gasteiger partial charge in [0.15, 0.2) is 0 Å². The molecule has 0 bridgehead atoms. The molecular weight excluding hydrogens is 216 g/mol. The molecule has 0 radical (unpaired) electrons. The largest absolute Gasteiger partial charge is 0.391 e. The van der Waals surface area contributed by atoms with Gasteiger partial charge in [-0.05, 0) is 38.6 Å². The van der Waals surface area contributed by atoms with Crippen molar-refractivity contribution in [1.29, 1.82) is 0 Å². The minimum atomic E-state index is -0.527. The molecule has 0 aromatic heterocycles. The van der Waals surface area contributed by atoms with Crippen molar-refractivity contribution in [2.24, 2.45) is 5.92 Å². The Morgan fingerprint density at radius 3 is 2.65 bits per heavy atom. The highest BCUT2D eigenvalue weighted by Gasteiger charge is 2.33. The maximum absolute atomic E-state index is 12.3. The molecule has 2 N–H and O–H groups in total. The van der Waals surface area contributed by atoms with Gasteiger partial charge in [0, 0.05) is 13.1 Å². The Morgan fingerprint density at radius 1 is 1.29 bits per heavy atom. The maximum Gasteiger partial charge on any atom is 0.242 e. The number of nitrogens with one attached hydrogen (secondary N) is 1. The molecule has 4 nitrogen and oxygen atoms in total. The normalized spacial score (nSPS) is 31.9. The fraction of sp³-hybridized carbons (Fsp3) is 0.923. The van der Waals surface area contributed by atoms with Crippen LogP contribution in [0.25, 0.3) is 0 Å². The lowest BCUT2D eigenvalue weighted by Gasteiger charge is -2.27. The summed E-state index contributed by atoms with van der Waals surface area (Å²) >= 11 is 0. The van der Waals surface area contributed by atoms with E-state index in [1.165, 1.54) is 25.7 Å². The first-order valence-electron chi connectivity index (χ1n) is 6.86. The Kier molecular flexibility index (Phi) is 4.40. The average Bonchev–Trinajstić information content (AvgIpc) is 2.76. The van der Waals surface area contributed by atoms with Crippen molar-refractivity contribution >= 4 is 5.91 Å². The van der Waals surface area contributed by atoms with E-state index >= 15 is 0 Å². The molecule has 98 valence electrons. The van der Waals surface area contributed by atoms with Crippen molar-refractivity contribution in [3.63, 3.8) is 0 Å². The van der Waals surface area contributed by atoms with Crippen LogP contribution in [-0.2, 0) is 4.79 Å². The molecule has 2 atom stereocenters. The van der Waals surface area contributed by atoms with E-state index < -0.39 is 12.1 Å². The van der Waals surface area contributed by atoms with Gasteiger partial charge in [-0.1, -0.05) is 12.8 Å². The lowest BCUT2D eigenvalue weighted by Crippen LogP contribution is -2.50. The summed E-state index contributed by atoms with van der Waals surface area (Å²) in [7, 11) is 1.75. The van der Waals surface area contributed by atoms with Crippen molar-refractivity contribution in [2.75, 3.05) is 20.1 Å². The molecule has 1 amide bonds. The van der Waals surface area contributed by atoms with Crippen LogP contribution in [0.1, 0.15) is 38.5 Å². The minimum Gasteiger partial charge on any atom is -0.391 e. The predicted molar refractivity (Wildman–Crippen MR) is 66.6 cm³/mol. The van der Waals surface area contributed by atoms with Crippen LogP contribution in [0.4, 0.5) is 0 Å². The number of amides is 1. The number of carbonyl (C=O) groups excluding carboxylic acids is 1. The second-order valence-corrected chi connectivity index (χ2v) is 5.41. The van der Waals surface area contributed by atoms with E-state index in [-0.39, 0.29) is 5.91 Å². The van der Waals surface area contributed by atoms with Crippen molar-refractivity contribution < 1.29 is 9.90 Å². The van der Waals surface area contributed by atoms with Gasteiger partial charge in [-0.2, -0.15) is 0 Å². The van der Waals surface area contributed by atoms with Crippen molar-refractivity contribution in [2.45, 2.75) is 50.7 Å². The fourth-order valence-electron chi connectivity index (χ4n) is 3.13. The predicted octanol–water partition coefficient (Wildman–Crippen LogP) is 0.748. The molecule has 1 heterocycles. The van der Waals surface area contributed by atoms with E-state index in [9.17, 15) is 9.90 Å². The Hall–Kier alpha value is -0.610. The van der Waals surface area contributed by atoms with E-state index in [0.29, 0.717) is 5.92 Å². The van der Waals surface area contributed by atoms with E-state index in [4.69, 9.17) is 0 Å².